The predicted molar refractivity (Wildman–Crippen MR) is 89.4 cm³/mol. The number of aliphatic hydroxyl groups is 1. The van der Waals surface area contributed by atoms with Crippen LogP contribution in [0.25, 0.3) is 10.8 Å². The fourth-order valence-electron chi connectivity index (χ4n) is 3.13. The molecule has 1 atom stereocenters. The smallest absolute Gasteiger partial charge is 0.125 e. The second-order valence-corrected chi connectivity index (χ2v) is 5.70. The molecule has 1 heterocycles. The van der Waals surface area contributed by atoms with Crippen LogP contribution in [0.3, 0.4) is 0 Å². The van der Waals surface area contributed by atoms with Crippen LogP contribution < -0.4 is 10.1 Å². The van der Waals surface area contributed by atoms with Crippen molar-refractivity contribution in [3.05, 3.63) is 42.0 Å². The first-order chi connectivity index (χ1) is 10.8. The molecule has 118 valence electrons. The van der Waals surface area contributed by atoms with Gasteiger partial charge in [0.05, 0.1) is 12.7 Å². The van der Waals surface area contributed by atoms with Gasteiger partial charge in [-0.05, 0) is 23.8 Å². The van der Waals surface area contributed by atoms with Gasteiger partial charge in [0.1, 0.15) is 5.75 Å². The summed E-state index contributed by atoms with van der Waals surface area (Å²) in [5, 5.41) is 16.4. The van der Waals surface area contributed by atoms with Crippen molar-refractivity contribution in [1.29, 1.82) is 0 Å². The SMILES string of the molecule is CCOc1ccc2ccccc2c1C(O)CN1CCNCC1. The van der Waals surface area contributed by atoms with Crippen LogP contribution in [0.5, 0.6) is 5.75 Å². The Balaban J connectivity index is 1.93. The van der Waals surface area contributed by atoms with Gasteiger partial charge in [-0.25, -0.2) is 0 Å². The molecule has 1 fully saturated rings. The van der Waals surface area contributed by atoms with E-state index in [2.05, 4.69) is 28.4 Å². The Labute approximate surface area is 131 Å². The van der Waals surface area contributed by atoms with E-state index in [1.165, 1.54) is 0 Å². The molecule has 0 spiro atoms. The minimum absolute atomic E-state index is 0.536. The van der Waals surface area contributed by atoms with Gasteiger partial charge in [-0.2, -0.15) is 0 Å². The van der Waals surface area contributed by atoms with Crippen molar-refractivity contribution in [3.63, 3.8) is 0 Å². The zero-order valence-corrected chi connectivity index (χ0v) is 13.1. The van der Waals surface area contributed by atoms with E-state index in [9.17, 15) is 5.11 Å². The van der Waals surface area contributed by atoms with Gasteiger partial charge >= 0.3 is 0 Å². The van der Waals surface area contributed by atoms with Crippen LogP contribution in [0, 0.1) is 0 Å². The first-order valence-electron chi connectivity index (χ1n) is 8.05. The van der Waals surface area contributed by atoms with Gasteiger partial charge in [0.15, 0.2) is 0 Å². The van der Waals surface area contributed by atoms with E-state index in [0.717, 1.165) is 48.3 Å². The van der Waals surface area contributed by atoms with Crippen LogP contribution in [-0.4, -0.2) is 49.3 Å². The molecule has 0 saturated carbocycles. The average molecular weight is 300 g/mol. The summed E-state index contributed by atoms with van der Waals surface area (Å²) in [5.41, 5.74) is 0.915. The van der Waals surface area contributed by atoms with Crippen LogP contribution in [-0.2, 0) is 0 Å². The summed E-state index contributed by atoms with van der Waals surface area (Å²) in [5.74, 6) is 0.795. The van der Waals surface area contributed by atoms with Crippen LogP contribution in [0.1, 0.15) is 18.6 Å². The molecule has 4 nitrogen and oxygen atoms in total. The third-order valence-corrected chi connectivity index (χ3v) is 4.20. The number of rotatable bonds is 5. The lowest BCUT2D eigenvalue weighted by Gasteiger charge is -2.30. The number of ether oxygens (including phenoxy) is 1. The third-order valence-electron chi connectivity index (χ3n) is 4.20. The Morgan fingerprint density at radius 2 is 1.95 bits per heavy atom. The minimum atomic E-state index is -0.536. The molecule has 2 N–H and O–H groups in total. The van der Waals surface area contributed by atoms with E-state index in [1.54, 1.807) is 0 Å². The summed E-state index contributed by atoms with van der Waals surface area (Å²) in [6.45, 7) is 7.15. The van der Waals surface area contributed by atoms with Crippen molar-refractivity contribution in [2.45, 2.75) is 13.0 Å². The second kappa shape index (κ2) is 7.09. The van der Waals surface area contributed by atoms with Gasteiger partial charge in [-0.3, -0.25) is 4.90 Å². The molecular formula is C18H24N2O2. The van der Waals surface area contributed by atoms with Crippen molar-refractivity contribution in [1.82, 2.24) is 10.2 Å². The number of benzene rings is 2. The molecule has 1 aliphatic heterocycles. The molecular weight excluding hydrogens is 276 g/mol. The van der Waals surface area contributed by atoms with Crippen LogP contribution in [0.15, 0.2) is 36.4 Å². The van der Waals surface area contributed by atoms with Gasteiger partial charge in [0.25, 0.3) is 0 Å². The predicted octanol–water partition coefficient (Wildman–Crippen LogP) is 2.18. The Kier molecular flexibility index (Phi) is 4.93. The van der Waals surface area contributed by atoms with Crippen molar-refractivity contribution in [2.24, 2.45) is 0 Å². The van der Waals surface area contributed by atoms with Crippen molar-refractivity contribution < 1.29 is 9.84 Å². The largest absolute Gasteiger partial charge is 0.493 e. The lowest BCUT2D eigenvalue weighted by molar-refractivity contribution is 0.104. The quantitative estimate of drug-likeness (QED) is 0.888. The average Bonchev–Trinajstić information content (AvgIpc) is 2.55. The van der Waals surface area contributed by atoms with E-state index >= 15 is 0 Å². The third kappa shape index (κ3) is 3.24. The number of β-amino-alcohol motifs (C(OH)–C–C–N with tert-alkyl or cyclic N) is 1. The summed E-state index contributed by atoms with van der Waals surface area (Å²) in [6, 6.07) is 12.2. The first kappa shape index (κ1) is 15.3. The number of nitrogens with one attached hydrogen (secondary N) is 1. The van der Waals surface area contributed by atoms with Gasteiger partial charge in [-0.1, -0.05) is 30.3 Å². The van der Waals surface area contributed by atoms with Crippen LogP contribution in [0.2, 0.25) is 0 Å². The lowest BCUT2D eigenvalue weighted by Crippen LogP contribution is -2.45. The fraction of sp³-hybridized carbons (Fsp3) is 0.444. The second-order valence-electron chi connectivity index (χ2n) is 5.70. The van der Waals surface area contributed by atoms with E-state index in [-0.39, 0.29) is 0 Å². The van der Waals surface area contributed by atoms with Crippen LogP contribution in [0.4, 0.5) is 0 Å². The molecule has 1 aliphatic rings. The number of fused-ring (bicyclic) bond motifs is 1. The maximum atomic E-state index is 10.8. The van der Waals surface area contributed by atoms with E-state index in [1.807, 2.05) is 25.1 Å². The monoisotopic (exact) mass is 300 g/mol. The highest BCUT2D eigenvalue weighted by atomic mass is 16.5. The Hall–Kier alpha value is -1.62. The summed E-state index contributed by atoms with van der Waals surface area (Å²) >= 11 is 0. The molecule has 0 aliphatic carbocycles. The number of aliphatic hydroxyl groups excluding tert-OH is 1. The maximum absolute atomic E-state index is 10.8. The van der Waals surface area contributed by atoms with E-state index in [0.29, 0.717) is 13.2 Å². The zero-order chi connectivity index (χ0) is 15.4. The Morgan fingerprint density at radius 3 is 2.73 bits per heavy atom. The number of hydrogen-bond acceptors (Lipinski definition) is 4. The fourth-order valence-corrected chi connectivity index (χ4v) is 3.13. The molecule has 4 heteroatoms. The Bertz CT molecular complexity index is 624. The molecule has 0 aromatic heterocycles. The normalized spacial score (nSPS) is 17.5. The van der Waals surface area contributed by atoms with Crippen LogP contribution >= 0.6 is 0 Å². The van der Waals surface area contributed by atoms with E-state index < -0.39 is 6.10 Å². The summed E-state index contributed by atoms with van der Waals surface area (Å²) in [6.07, 6.45) is -0.536. The molecule has 1 unspecified atom stereocenters. The van der Waals surface area contributed by atoms with Crippen molar-refractivity contribution in [3.8, 4) is 5.75 Å². The van der Waals surface area contributed by atoms with Crippen molar-refractivity contribution in [2.75, 3.05) is 39.3 Å². The summed E-state index contributed by atoms with van der Waals surface area (Å²) in [7, 11) is 0. The number of piperazine rings is 1. The standard InChI is InChI=1S/C18H24N2O2/c1-2-22-17-8-7-14-5-3-4-6-15(14)18(17)16(21)13-20-11-9-19-10-12-20/h3-8,16,19,21H,2,9-13H2,1H3. The van der Waals surface area contributed by atoms with E-state index in [4.69, 9.17) is 4.74 Å². The molecule has 22 heavy (non-hydrogen) atoms. The molecule has 3 rings (SSSR count). The highest BCUT2D eigenvalue weighted by Gasteiger charge is 2.21. The lowest BCUT2D eigenvalue weighted by atomic mass is 9.98. The van der Waals surface area contributed by atoms with Gasteiger partial charge in [-0.15, -0.1) is 0 Å². The molecule has 2 aromatic rings. The molecule has 0 amide bonds. The first-order valence-corrected chi connectivity index (χ1v) is 8.05. The van der Waals surface area contributed by atoms with Crippen molar-refractivity contribution >= 4 is 10.8 Å². The zero-order valence-electron chi connectivity index (χ0n) is 13.1. The highest BCUT2D eigenvalue weighted by molar-refractivity contribution is 5.88. The molecule has 1 saturated heterocycles. The highest BCUT2D eigenvalue weighted by Crippen LogP contribution is 2.33. The molecule has 2 aromatic carbocycles. The maximum Gasteiger partial charge on any atom is 0.125 e. The number of nitrogens with zero attached hydrogens (tertiary/aromatic N) is 1. The van der Waals surface area contributed by atoms with Gasteiger partial charge in [0.2, 0.25) is 0 Å². The minimum Gasteiger partial charge on any atom is -0.493 e. The van der Waals surface area contributed by atoms with Gasteiger partial charge < -0.3 is 15.2 Å². The summed E-state index contributed by atoms with van der Waals surface area (Å²) < 4.78 is 5.76. The topological polar surface area (TPSA) is 44.7 Å². The summed E-state index contributed by atoms with van der Waals surface area (Å²) in [4.78, 5) is 2.30. The Morgan fingerprint density at radius 1 is 1.18 bits per heavy atom. The van der Waals surface area contributed by atoms with Gasteiger partial charge in [0, 0.05) is 38.3 Å². The number of hydrogen-bond donors (Lipinski definition) is 2. The molecule has 0 bridgehead atoms. The molecule has 0 radical (unpaired) electrons.